The molecule has 0 saturated carbocycles. The van der Waals surface area contributed by atoms with Gasteiger partial charge in [0, 0.05) is 33.5 Å². The maximum atomic E-state index is 9.04. The average molecular weight is 377 g/mol. The summed E-state index contributed by atoms with van der Waals surface area (Å²) in [4.78, 5) is 6.10. The molecule has 0 aromatic carbocycles. The van der Waals surface area contributed by atoms with Crippen molar-refractivity contribution >= 4 is 40.5 Å². The second kappa shape index (κ2) is 6.07. The number of aromatic nitrogens is 1. The second-order valence-corrected chi connectivity index (χ2v) is 9.55. The fourth-order valence-electron chi connectivity index (χ4n) is 2.50. The Labute approximate surface area is 154 Å². The van der Waals surface area contributed by atoms with E-state index in [1.807, 2.05) is 26.0 Å². The first-order valence-electron chi connectivity index (χ1n) is 7.42. The molecule has 0 aliphatic carbocycles. The highest BCUT2D eigenvalue weighted by atomic mass is 35.5. The topological polar surface area (TPSA) is 72.6 Å². The van der Waals surface area contributed by atoms with Gasteiger partial charge in [-0.1, -0.05) is 11.6 Å². The second-order valence-electron chi connectivity index (χ2n) is 6.49. The van der Waals surface area contributed by atoms with Crippen LogP contribution in [0.3, 0.4) is 0 Å². The van der Waals surface area contributed by atoms with Gasteiger partial charge in [0.25, 0.3) is 0 Å². The normalized spacial score (nSPS) is 22.7. The number of nitrogens with zero attached hydrogens (tertiary/aromatic N) is 2. The minimum absolute atomic E-state index is 0.211. The molecule has 2 N–H and O–H groups in total. The number of nitriles is 1. The molecule has 0 bridgehead atoms. The summed E-state index contributed by atoms with van der Waals surface area (Å²) >= 11 is 9.86. The van der Waals surface area contributed by atoms with E-state index in [-0.39, 0.29) is 10.3 Å². The first-order valence-corrected chi connectivity index (χ1v) is 9.60. The van der Waals surface area contributed by atoms with Crippen LogP contribution in [0.5, 0.6) is 0 Å². The number of hydrogen-bond acceptors (Lipinski definition) is 5. The first-order chi connectivity index (χ1) is 11.2. The van der Waals surface area contributed by atoms with E-state index < -0.39 is 0 Å². The fraction of sp³-hybridized carbons (Fsp3) is 0.353. The van der Waals surface area contributed by atoms with Gasteiger partial charge in [0.2, 0.25) is 0 Å². The molecular formula is C17H17ClN4S2. The Balaban J connectivity index is 1.98. The van der Waals surface area contributed by atoms with Crippen LogP contribution in [0.25, 0.3) is 10.4 Å². The Morgan fingerprint density at radius 1 is 1.33 bits per heavy atom. The maximum absolute atomic E-state index is 9.04. The summed E-state index contributed by atoms with van der Waals surface area (Å²) in [5.41, 5.74) is 1.03. The van der Waals surface area contributed by atoms with E-state index in [1.165, 1.54) is 0 Å². The van der Waals surface area contributed by atoms with Crippen LogP contribution in [0.1, 0.15) is 31.2 Å². The predicted molar refractivity (Wildman–Crippen MR) is 102 cm³/mol. The molecule has 124 valence electrons. The summed E-state index contributed by atoms with van der Waals surface area (Å²) < 4.78 is -0.211. The smallest absolute Gasteiger partial charge is 0.110 e. The van der Waals surface area contributed by atoms with Crippen molar-refractivity contribution in [2.24, 2.45) is 0 Å². The van der Waals surface area contributed by atoms with Crippen molar-refractivity contribution < 1.29 is 0 Å². The molecular weight excluding hydrogens is 360 g/mol. The van der Waals surface area contributed by atoms with Crippen molar-refractivity contribution in [1.82, 2.24) is 10.3 Å². The Bertz CT molecular complexity index is 853. The molecule has 0 spiro atoms. The molecule has 0 amide bonds. The number of rotatable bonds is 2. The van der Waals surface area contributed by atoms with Crippen molar-refractivity contribution in [1.29, 1.82) is 10.7 Å². The first kappa shape index (κ1) is 17.3. The predicted octanol–water partition coefficient (Wildman–Crippen LogP) is 4.64. The number of thioether (sulfide) groups is 1. The lowest BCUT2D eigenvalue weighted by Gasteiger charge is -2.42. The van der Waals surface area contributed by atoms with E-state index in [4.69, 9.17) is 22.3 Å². The Morgan fingerprint density at radius 3 is 2.75 bits per heavy atom. The molecule has 4 nitrogen and oxygen atoms in total. The molecule has 3 heterocycles. The highest BCUT2D eigenvalue weighted by Crippen LogP contribution is 2.45. The van der Waals surface area contributed by atoms with Gasteiger partial charge in [0.05, 0.1) is 20.9 Å². The molecule has 1 saturated heterocycles. The van der Waals surface area contributed by atoms with Crippen LogP contribution in [0.4, 0.5) is 0 Å². The third kappa shape index (κ3) is 3.04. The summed E-state index contributed by atoms with van der Waals surface area (Å²) in [7, 11) is 0. The zero-order valence-corrected chi connectivity index (χ0v) is 16.0. The number of halogens is 1. The lowest BCUT2D eigenvalue weighted by molar-refractivity contribution is 0.483. The molecule has 1 aliphatic rings. The summed E-state index contributed by atoms with van der Waals surface area (Å²) in [6.07, 6.45) is 3.28. The fourth-order valence-corrected chi connectivity index (χ4v) is 5.29. The highest BCUT2D eigenvalue weighted by Gasteiger charge is 2.42. The van der Waals surface area contributed by atoms with E-state index in [0.29, 0.717) is 16.4 Å². The van der Waals surface area contributed by atoms with Gasteiger partial charge in [0.1, 0.15) is 11.9 Å². The molecule has 1 aliphatic heterocycles. The van der Waals surface area contributed by atoms with E-state index >= 15 is 0 Å². The summed E-state index contributed by atoms with van der Waals surface area (Å²) in [5, 5.41) is 21.3. The number of nitrogens with one attached hydrogen (secondary N) is 2. The average Bonchev–Trinajstić information content (AvgIpc) is 2.95. The maximum Gasteiger partial charge on any atom is 0.110 e. The van der Waals surface area contributed by atoms with Crippen molar-refractivity contribution in [2.45, 2.75) is 31.1 Å². The molecule has 2 aromatic heterocycles. The zero-order valence-electron chi connectivity index (χ0n) is 13.6. The third-order valence-corrected chi connectivity index (χ3v) is 7.57. The molecule has 1 fully saturated rings. The quantitative estimate of drug-likeness (QED) is 0.800. The van der Waals surface area contributed by atoms with Gasteiger partial charge in [-0.2, -0.15) is 5.26 Å². The van der Waals surface area contributed by atoms with E-state index in [0.717, 1.165) is 21.1 Å². The molecule has 24 heavy (non-hydrogen) atoms. The van der Waals surface area contributed by atoms with Crippen LogP contribution in [-0.4, -0.2) is 21.3 Å². The van der Waals surface area contributed by atoms with Gasteiger partial charge in [-0.15, -0.1) is 23.1 Å². The lowest BCUT2D eigenvalue weighted by Crippen LogP contribution is -2.56. The van der Waals surface area contributed by atoms with Crippen LogP contribution < -0.4 is 5.32 Å². The highest BCUT2D eigenvalue weighted by molar-refractivity contribution is 8.01. The largest absolute Gasteiger partial charge is 0.362 e. The van der Waals surface area contributed by atoms with Gasteiger partial charge >= 0.3 is 0 Å². The van der Waals surface area contributed by atoms with Gasteiger partial charge in [-0.3, -0.25) is 10.4 Å². The van der Waals surface area contributed by atoms with Crippen molar-refractivity contribution in [3.8, 4) is 16.5 Å². The Kier molecular flexibility index (Phi) is 4.37. The van der Waals surface area contributed by atoms with Crippen LogP contribution in [-0.2, 0) is 5.54 Å². The summed E-state index contributed by atoms with van der Waals surface area (Å²) in [5.74, 6) is 1.35. The van der Waals surface area contributed by atoms with Crippen molar-refractivity contribution in [3.63, 3.8) is 0 Å². The SMILES string of the molecule is CC1(C)SC[C@@](C)(c2sc(-c3cncc(C#N)c3)cc2Cl)NC1=N. The van der Waals surface area contributed by atoms with Gasteiger partial charge in [0.15, 0.2) is 0 Å². The van der Waals surface area contributed by atoms with Crippen molar-refractivity contribution in [2.75, 3.05) is 5.75 Å². The summed E-state index contributed by atoms with van der Waals surface area (Å²) in [6.45, 7) is 6.18. The number of amidine groups is 1. The third-order valence-electron chi connectivity index (χ3n) is 4.06. The minimum atomic E-state index is -0.377. The molecule has 1 atom stereocenters. The van der Waals surface area contributed by atoms with Crippen LogP contribution in [0.15, 0.2) is 24.5 Å². The Morgan fingerprint density at radius 2 is 2.08 bits per heavy atom. The van der Waals surface area contributed by atoms with Crippen molar-refractivity contribution in [3.05, 3.63) is 40.0 Å². The molecule has 3 rings (SSSR count). The lowest BCUT2D eigenvalue weighted by atomic mass is 10.00. The molecule has 0 radical (unpaired) electrons. The molecule has 7 heteroatoms. The Hall–Kier alpha value is -1.55. The van der Waals surface area contributed by atoms with E-state index in [1.54, 1.807) is 35.5 Å². The van der Waals surface area contributed by atoms with Gasteiger partial charge < -0.3 is 5.32 Å². The number of hydrogen-bond donors (Lipinski definition) is 2. The van der Waals surface area contributed by atoms with Crippen LogP contribution in [0.2, 0.25) is 5.02 Å². The van der Waals surface area contributed by atoms with E-state index in [9.17, 15) is 0 Å². The van der Waals surface area contributed by atoms with Gasteiger partial charge in [-0.25, -0.2) is 0 Å². The summed E-state index contributed by atoms with van der Waals surface area (Å²) in [6, 6.07) is 5.84. The molecule has 0 unspecified atom stereocenters. The van der Waals surface area contributed by atoms with Crippen LogP contribution in [0, 0.1) is 16.7 Å². The van der Waals surface area contributed by atoms with Gasteiger partial charge in [-0.05, 0) is 32.9 Å². The monoisotopic (exact) mass is 376 g/mol. The standard InChI is InChI=1S/C17H17ClN4S2/c1-16(2)15(20)22-17(3,9-23-16)14-12(18)5-13(24-14)11-4-10(6-19)7-21-8-11/h4-5,7-8H,9H2,1-3H3,(H2,20,22)/t17-/m0/s1. The minimum Gasteiger partial charge on any atom is -0.362 e. The van der Waals surface area contributed by atoms with Crippen LogP contribution >= 0.6 is 34.7 Å². The number of pyridine rings is 1. The number of thiophene rings is 1. The zero-order chi connectivity index (χ0) is 17.5. The van der Waals surface area contributed by atoms with E-state index in [2.05, 4.69) is 23.3 Å². The molecule has 2 aromatic rings.